The van der Waals surface area contributed by atoms with Gasteiger partial charge >= 0.3 is 12.1 Å². The summed E-state index contributed by atoms with van der Waals surface area (Å²) in [6, 6.07) is 5.23. The van der Waals surface area contributed by atoms with Crippen molar-refractivity contribution in [2.24, 2.45) is 0 Å². The lowest BCUT2D eigenvalue weighted by atomic mass is 10.1. The van der Waals surface area contributed by atoms with Gasteiger partial charge in [-0.05, 0) is 65.7 Å². The van der Waals surface area contributed by atoms with Gasteiger partial charge in [-0.15, -0.1) is 0 Å². The van der Waals surface area contributed by atoms with Gasteiger partial charge in [-0.25, -0.2) is 19.6 Å². The summed E-state index contributed by atoms with van der Waals surface area (Å²) in [7, 11) is 0. The Balaban J connectivity index is 1.52. The number of aromatic nitrogens is 2. The largest absolute Gasteiger partial charge is 0.444 e. The first-order valence-corrected chi connectivity index (χ1v) is 9.91. The van der Waals surface area contributed by atoms with Crippen molar-refractivity contribution in [1.29, 1.82) is 0 Å². The van der Waals surface area contributed by atoms with Gasteiger partial charge in [-0.2, -0.15) is 0 Å². The number of hydrogen-bond acceptors (Lipinski definition) is 5. The van der Waals surface area contributed by atoms with Gasteiger partial charge in [-0.1, -0.05) is 0 Å². The number of nitrogens with one attached hydrogen (secondary N) is 2. The third-order valence-corrected chi connectivity index (χ3v) is 4.82. The third kappa shape index (κ3) is 5.56. The molecule has 1 saturated heterocycles. The van der Waals surface area contributed by atoms with E-state index in [1.807, 2.05) is 52.8 Å². The quantitative estimate of drug-likeness (QED) is 0.801. The lowest BCUT2D eigenvalue weighted by Gasteiger charge is -2.33. The Morgan fingerprint density at radius 1 is 1.07 bits per heavy atom. The first-order valence-electron chi connectivity index (χ1n) is 9.91. The summed E-state index contributed by atoms with van der Waals surface area (Å²) >= 11 is 0. The van der Waals surface area contributed by atoms with Crippen LogP contribution in [0.3, 0.4) is 0 Å². The highest BCUT2D eigenvalue weighted by Crippen LogP contribution is 2.18. The molecule has 1 fully saturated rings. The van der Waals surface area contributed by atoms with Crippen LogP contribution in [0.1, 0.15) is 45.0 Å². The van der Waals surface area contributed by atoms with E-state index in [1.165, 1.54) is 0 Å². The van der Waals surface area contributed by atoms with Crippen molar-refractivity contribution in [3.63, 3.8) is 0 Å². The molecule has 0 spiro atoms. The zero-order valence-corrected chi connectivity index (χ0v) is 17.7. The van der Waals surface area contributed by atoms with Crippen LogP contribution in [0.25, 0.3) is 11.0 Å². The summed E-state index contributed by atoms with van der Waals surface area (Å²) in [5.74, 6) is 0. The van der Waals surface area contributed by atoms with Gasteiger partial charge in [0.05, 0.1) is 22.4 Å². The molecule has 2 aromatic rings. The number of hydrogen-bond donors (Lipinski definition) is 2. The van der Waals surface area contributed by atoms with Crippen molar-refractivity contribution in [2.75, 3.05) is 18.4 Å². The molecular formula is C21H29N5O3. The predicted octanol–water partition coefficient (Wildman–Crippen LogP) is 3.77. The molecule has 0 aliphatic carbocycles. The Bertz CT molecular complexity index is 914. The van der Waals surface area contributed by atoms with Crippen LogP contribution in [0.15, 0.2) is 18.2 Å². The number of ether oxygens (including phenoxy) is 1. The fraction of sp³-hybridized carbons (Fsp3) is 0.524. The van der Waals surface area contributed by atoms with E-state index in [4.69, 9.17) is 4.74 Å². The lowest BCUT2D eigenvalue weighted by Crippen LogP contribution is -2.48. The Kier molecular flexibility index (Phi) is 5.91. The maximum absolute atomic E-state index is 12.4. The summed E-state index contributed by atoms with van der Waals surface area (Å²) in [5.41, 5.74) is 3.47. The Morgan fingerprint density at radius 3 is 2.31 bits per heavy atom. The topological polar surface area (TPSA) is 96.5 Å². The molecule has 1 aromatic carbocycles. The zero-order valence-electron chi connectivity index (χ0n) is 17.7. The second kappa shape index (κ2) is 8.23. The van der Waals surface area contributed by atoms with Gasteiger partial charge in [0.15, 0.2) is 0 Å². The number of carbonyl (C=O) groups excluding carboxylic acids is 2. The number of likely N-dealkylation sites (tertiary alicyclic amines) is 1. The maximum Gasteiger partial charge on any atom is 0.410 e. The molecule has 1 aromatic heterocycles. The minimum Gasteiger partial charge on any atom is -0.444 e. The number of benzene rings is 1. The number of anilines is 1. The van der Waals surface area contributed by atoms with Gasteiger partial charge in [0, 0.05) is 24.8 Å². The summed E-state index contributed by atoms with van der Waals surface area (Å²) in [6.07, 6.45) is 1.08. The highest BCUT2D eigenvalue weighted by molar-refractivity contribution is 5.92. The van der Waals surface area contributed by atoms with Crippen molar-refractivity contribution in [3.8, 4) is 0 Å². The third-order valence-electron chi connectivity index (χ3n) is 4.82. The molecule has 3 rings (SSSR count). The van der Waals surface area contributed by atoms with Crippen LogP contribution >= 0.6 is 0 Å². The fourth-order valence-corrected chi connectivity index (χ4v) is 3.19. The molecule has 2 heterocycles. The van der Waals surface area contributed by atoms with Gasteiger partial charge in [-0.3, -0.25) is 0 Å². The van der Waals surface area contributed by atoms with Gasteiger partial charge < -0.3 is 20.3 Å². The highest BCUT2D eigenvalue weighted by atomic mass is 16.6. The number of rotatable bonds is 2. The van der Waals surface area contributed by atoms with Crippen LogP contribution in [0, 0.1) is 13.8 Å². The molecule has 29 heavy (non-hydrogen) atoms. The molecule has 0 saturated carbocycles. The number of fused-ring (bicyclic) bond motifs is 1. The molecule has 3 amide bonds. The Labute approximate surface area is 171 Å². The fourth-order valence-electron chi connectivity index (χ4n) is 3.19. The smallest absolute Gasteiger partial charge is 0.410 e. The number of aryl methyl sites for hydroxylation is 2. The SMILES string of the molecule is Cc1nc2ccc(NC(=O)NC3CCN(C(=O)OC(C)(C)C)CC3)cc2nc1C. The Morgan fingerprint density at radius 2 is 1.69 bits per heavy atom. The molecule has 8 heteroatoms. The molecule has 156 valence electrons. The van der Waals surface area contributed by atoms with Crippen LogP contribution in [-0.4, -0.2) is 51.7 Å². The minimum atomic E-state index is -0.506. The number of amides is 3. The van der Waals surface area contributed by atoms with E-state index in [9.17, 15) is 9.59 Å². The molecule has 0 bridgehead atoms. The van der Waals surface area contributed by atoms with E-state index in [2.05, 4.69) is 20.6 Å². The second-order valence-electron chi connectivity index (χ2n) is 8.44. The van der Waals surface area contributed by atoms with Crippen molar-refractivity contribution in [2.45, 2.75) is 59.1 Å². The molecule has 8 nitrogen and oxygen atoms in total. The first-order chi connectivity index (χ1) is 13.6. The van der Waals surface area contributed by atoms with Crippen LogP contribution < -0.4 is 10.6 Å². The molecule has 1 aliphatic heterocycles. The molecular weight excluding hydrogens is 370 g/mol. The molecule has 1 aliphatic rings. The van der Waals surface area contributed by atoms with E-state index >= 15 is 0 Å². The van der Waals surface area contributed by atoms with Crippen molar-refractivity contribution >= 4 is 28.8 Å². The van der Waals surface area contributed by atoms with E-state index in [-0.39, 0.29) is 18.2 Å². The number of nitrogens with zero attached hydrogens (tertiary/aromatic N) is 3. The normalized spacial score (nSPS) is 15.3. The van der Waals surface area contributed by atoms with E-state index in [0.717, 1.165) is 22.4 Å². The summed E-state index contributed by atoms with van der Waals surface area (Å²) in [6.45, 7) is 10.5. The lowest BCUT2D eigenvalue weighted by molar-refractivity contribution is 0.0202. The zero-order chi connectivity index (χ0) is 21.2. The predicted molar refractivity (Wildman–Crippen MR) is 112 cm³/mol. The van der Waals surface area contributed by atoms with Crippen LogP contribution in [0.4, 0.5) is 15.3 Å². The van der Waals surface area contributed by atoms with Crippen molar-refractivity contribution in [3.05, 3.63) is 29.6 Å². The summed E-state index contributed by atoms with van der Waals surface area (Å²) in [4.78, 5) is 35.2. The van der Waals surface area contributed by atoms with E-state index in [0.29, 0.717) is 31.6 Å². The molecule has 2 N–H and O–H groups in total. The average Bonchev–Trinajstić information content (AvgIpc) is 2.62. The molecule has 0 unspecified atom stereocenters. The molecule has 0 radical (unpaired) electrons. The highest BCUT2D eigenvalue weighted by Gasteiger charge is 2.27. The van der Waals surface area contributed by atoms with Gasteiger partial charge in [0.2, 0.25) is 0 Å². The minimum absolute atomic E-state index is 0.0128. The average molecular weight is 399 g/mol. The van der Waals surface area contributed by atoms with Crippen LogP contribution in [0.5, 0.6) is 0 Å². The second-order valence-corrected chi connectivity index (χ2v) is 8.44. The standard InChI is InChI=1S/C21H29N5O3/c1-13-14(2)23-18-12-16(6-7-17(18)22-13)25-19(27)24-15-8-10-26(11-9-15)20(28)29-21(3,4)5/h6-7,12,15H,8-11H2,1-5H3,(H2,24,25,27). The van der Waals surface area contributed by atoms with Gasteiger partial charge in [0.25, 0.3) is 0 Å². The summed E-state index contributed by atoms with van der Waals surface area (Å²) < 4.78 is 5.40. The van der Waals surface area contributed by atoms with Crippen LogP contribution in [-0.2, 0) is 4.74 Å². The van der Waals surface area contributed by atoms with Crippen molar-refractivity contribution in [1.82, 2.24) is 20.2 Å². The monoisotopic (exact) mass is 399 g/mol. The van der Waals surface area contributed by atoms with Crippen LogP contribution in [0.2, 0.25) is 0 Å². The molecule has 0 atom stereocenters. The number of piperidine rings is 1. The number of carbonyl (C=O) groups is 2. The number of urea groups is 1. The van der Waals surface area contributed by atoms with E-state index < -0.39 is 5.60 Å². The first kappa shape index (κ1) is 20.8. The van der Waals surface area contributed by atoms with Gasteiger partial charge in [0.1, 0.15) is 5.60 Å². The maximum atomic E-state index is 12.4. The van der Waals surface area contributed by atoms with E-state index in [1.54, 1.807) is 4.90 Å². The Hall–Kier alpha value is -2.90. The van der Waals surface area contributed by atoms with Crippen molar-refractivity contribution < 1.29 is 14.3 Å². The summed E-state index contributed by atoms with van der Waals surface area (Å²) in [5, 5.41) is 5.84.